The van der Waals surface area contributed by atoms with E-state index in [2.05, 4.69) is 5.16 Å². The Balaban J connectivity index is 1.24. The van der Waals surface area contributed by atoms with Crippen LogP contribution in [0.3, 0.4) is 0 Å². The Kier molecular flexibility index (Phi) is 2.54. The van der Waals surface area contributed by atoms with E-state index in [0.29, 0.717) is 17.3 Å². The van der Waals surface area contributed by atoms with Gasteiger partial charge in [0, 0.05) is 31.1 Å². The molecule has 0 aliphatic heterocycles. The average molecular weight is 361 g/mol. The number of nitrogens with zero attached hydrogens (tertiary/aromatic N) is 3. The number of benzene rings is 1. The molecule has 1 amide bonds. The lowest BCUT2D eigenvalue weighted by Gasteiger charge is -2.47. The summed E-state index contributed by atoms with van der Waals surface area (Å²) in [5, 5.41) is 4.31. The van der Waals surface area contributed by atoms with Crippen molar-refractivity contribution in [3.8, 4) is 11.4 Å². The SMILES string of the molecule is CN(C)C(=O)c1cccc(-c2noc(C3C4C5CC6C7C5CC4C7C63)n2)c1. The number of hydrogen-bond donors (Lipinski definition) is 0. The summed E-state index contributed by atoms with van der Waals surface area (Å²) in [6.45, 7) is 0. The molecular formula is C22H23N3O2. The van der Waals surface area contributed by atoms with Crippen molar-refractivity contribution in [3.05, 3.63) is 35.7 Å². The Labute approximate surface area is 158 Å². The Morgan fingerprint density at radius 2 is 1.81 bits per heavy atom. The first-order valence-corrected chi connectivity index (χ1v) is 10.3. The van der Waals surface area contributed by atoms with Gasteiger partial charge in [0.1, 0.15) is 0 Å². The second-order valence-corrected chi connectivity index (χ2v) is 9.70. The number of hydrogen-bond acceptors (Lipinski definition) is 4. The highest BCUT2D eigenvalue weighted by Crippen LogP contribution is 2.85. The van der Waals surface area contributed by atoms with E-state index in [1.54, 1.807) is 19.0 Å². The Hall–Kier alpha value is -2.17. The lowest BCUT2D eigenvalue weighted by Crippen LogP contribution is -2.43. The first-order chi connectivity index (χ1) is 13.1. The summed E-state index contributed by atoms with van der Waals surface area (Å²) < 4.78 is 5.83. The Bertz CT molecular complexity index is 975. The summed E-state index contributed by atoms with van der Waals surface area (Å²) >= 11 is 0. The predicted octanol–water partition coefficient (Wildman–Crippen LogP) is 3.30. The molecule has 5 aliphatic carbocycles. The number of carbonyl (C=O) groups excluding carboxylic acids is 1. The summed E-state index contributed by atoms with van der Waals surface area (Å²) in [7, 11) is 3.53. The standard InChI is InChI=1S/C22H23N3O2/c1-25(2)22(26)10-5-3-4-9(6-10)20-23-21(27-24-20)19-16-12-8-13-15-11(12)7-14(16)17(15)18(13)19/h3-6,11-19H,7-8H2,1-2H3. The summed E-state index contributed by atoms with van der Waals surface area (Å²) in [6.07, 6.45) is 2.95. The topological polar surface area (TPSA) is 59.2 Å². The van der Waals surface area contributed by atoms with Gasteiger partial charge in [0.25, 0.3) is 5.91 Å². The average Bonchev–Trinajstić information content (AvgIpc) is 3.36. The molecule has 1 aromatic carbocycles. The van der Waals surface area contributed by atoms with Gasteiger partial charge >= 0.3 is 0 Å². The van der Waals surface area contributed by atoms with E-state index in [0.717, 1.165) is 58.8 Å². The largest absolute Gasteiger partial charge is 0.345 e. The van der Waals surface area contributed by atoms with Gasteiger partial charge in [0.2, 0.25) is 11.7 Å². The van der Waals surface area contributed by atoms with Crippen LogP contribution in [0.25, 0.3) is 11.4 Å². The molecule has 5 fully saturated rings. The van der Waals surface area contributed by atoms with E-state index in [4.69, 9.17) is 9.51 Å². The molecule has 0 radical (unpaired) electrons. The van der Waals surface area contributed by atoms with Crippen LogP contribution in [0.2, 0.25) is 0 Å². The molecule has 5 aliphatic rings. The third-order valence-corrected chi connectivity index (χ3v) is 8.82. The number of aromatic nitrogens is 2. The fourth-order valence-electron chi connectivity index (χ4n) is 8.34. The van der Waals surface area contributed by atoms with Gasteiger partial charge < -0.3 is 9.42 Å². The highest BCUT2D eigenvalue weighted by atomic mass is 16.5. The molecule has 7 rings (SSSR count). The maximum absolute atomic E-state index is 12.3. The van der Waals surface area contributed by atoms with Gasteiger partial charge in [-0.3, -0.25) is 4.79 Å². The highest BCUT2D eigenvalue weighted by molar-refractivity contribution is 5.94. The zero-order valence-corrected chi connectivity index (χ0v) is 15.6. The lowest BCUT2D eigenvalue weighted by molar-refractivity contribution is 0.00993. The summed E-state index contributed by atoms with van der Waals surface area (Å²) in [5.74, 6) is 9.43. The van der Waals surface area contributed by atoms with Crippen LogP contribution in [0.4, 0.5) is 0 Å². The van der Waals surface area contributed by atoms with Gasteiger partial charge in [0.15, 0.2) is 0 Å². The maximum Gasteiger partial charge on any atom is 0.253 e. The lowest BCUT2D eigenvalue weighted by atomic mass is 9.57. The second kappa shape index (κ2) is 4.62. The molecule has 0 saturated heterocycles. The van der Waals surface area contributed by atoms with Crippen molar-refractivity contribution in [2.75, 3.05) is 14.1 Å². The molecule has 9 unspecified atom stereocenters. The van der Waals surface area contributed by atoms with Crippen molar-refractivity contribution in [1.82, 2.24) is 15.0 Å². The molecule has 0 N–H and O–H groups in total. The van der Waals surface area contributed by atoms with Crippen molar-refractivity contribution < 1.29 is 9.32 Å². The first kappa shape index (κ1) is 14.8. The van der Waals surface area contributed by atoms with E-state index < -0.39 is 0 Å². The van der Waals surface area contributed by atoms with Crippen LogP contribution >= 0.6 is 0 Å². The second-order valence-electron chi connectivity index (χ2n) is 9.70. The van der Waals surface area contributed by atoms with E-state index in [-0.39, 0.29) is 5.91 Å². The normalized spacial score (nSPS) is 44.1. The fourth-order valence-corrected chi connectivity index (χ4v) is 8.34. The van der Waals surface area contributed by atoms with Crippen LogP contribution in [-0.2, 0) is 0 Å². The van der Waals surface area contributed by atoms with Crippen molar-refractivity contribution in [2.24, 2.45) is 47.3 Å². The van der Waals surface area contributed by atoms with Gasteiger partial charge in [-0.15, -0.1) is 0 Å². The Morgan fingerprint density at radius 1 is 1.04 bits per heavy atom. The molecule has 2 aromatic rings. The van der Waals surface area contributed by atoms with Gasteiger partial charge in [-0.2, -0.15) is 4.98 Å². The zero-order chi connectivity index (χ0) is 18.0. The van der Waals surface area contributed by atoms with E-state index in [1.807, 2.05) is 24.3 Å². The molecule has 5 heteroatoms. The minimum Gasteiger partial charge on any atom is -0.345 e. The zero-order valence-electron chi connectivity index (χ0n) is 15.6. The van der Waals surface area contributed by atoms with Crippen molar-refractivity contribution >= 4 is 5.91 Å². The quantitative estimate of drug-likeness (QED) is 0.842. The van der Waals surface area contributed by atoms with Crippen LogP contribution in [0.15, 0.2) is 28.8 Å². The summed E-state index contributed by atoms with van der Waals surface area (Å²) in [4.78, 5) is 18.7. The molecule has 1 aromatic heterocycles. The molecule has 27 heavy (non-hydrogen) atoms. The van der Waals surface area contributed by atoms with Crippen molar-refractivity contribution in [1.29, 1.82) is 0 Å². The number of rotatable bonds is 3. The summed E-state index contributed by atoms with van der Waals surface area (Å²) in [5.41, 5.74) is 1.52. The van der Waals surface area contributed by atoms with Gasteiger partial charge in [-0.05, 0) is 72.3 Å². The third kappa shape index (κ3) is 1.58. The van der Waals surface area contributed by atoms with Crippen LogP contribution < -0.4 is 0 Å². The number of fused-ring (bicyclic) bond motifs is 2. The third-order valence-electron chi connectivity index (χ3n) is 8.82. The summed E-state index contributed by atoms with van der Waals surface area (Å²) in [6, 6.07) is 7.56. The van der Waals surface area contributed by atoms with Crippen LogP contribution in [0.1, 0.15) is 35.0 Å². The number of amides is 1. The molecule has 5 nitrogen and oxygen atoms in total. The van der Waals surface area contributed by atoms with Crippen LogP contribution in [0.5, 0.6) is 0 Å². The molecule has 2 bridgehead atoms. The molecule has 9 atom stereocenters. The number of carbonyl (C=O) groups is 1. The highest BCUT2D eigenvalue weighted by Gasteiger charge is 2.81. The van der Waals surface area contributed by atoms with Gasteiger partial charge in [0.05, 0.1) is 0 Å². The van der Waals surface area contributed by atoms with Crippen LogP contribution in [-0.4, -0.2) is 35.0 Å². The van der Waals surface area contributed by atoms with Crippen LogP contribution in [0, 0.1) is 47.3 Å². The van der Waals surface area contributed by atoms with Crippen molar-refractivity contribution in [2.45, 2.75) is 18.8 Å². The maximum atomic E-state index is 12.3. The predicted molar refractivity (Wildman–Crippen MR) is 97.6 cm³/mol. The molecule has 138 valence electrons. The van der Waals surface area contributed by atoms with Gasteiger partial charge in [-0.1, -0.05) is 17.3 Å². The van der Waals surface area contributed by atoms with Crippen molar-refractivity contribution in [3.63, 3.8) is 0 Å². The van der Waals surface area contributed by atoms with E-state index in [1.165, 1.54) is 12.8 Å². The molecular weight excluding hydrogens is 338 g/mol. The molecule has 0 spiro atoms. The smallest absolute Gasteiger partial charge is 0.253 e. The first-order valence-electron chi connectivity index (χ1n) is 10.3. The van der Waals surface area contributed by atoms with E-state index >= 15 is 0 Å². The fraction of sp³-hybridized carbons (Fsp3) is 0.591. The minimum absolute atomic E-state index is 0.00877. The Morgan fingerprint density at radius 3 is 2.63 bits per heavy atom. The molecule has 5 saturated carbocycles. The molecule has 1 heterocycles. The minimum atomic E-state index is -0.00877. The monoisotopic (exact) mass is 361 g/mol. The van der Waals surface area contributed by atoms with E-state index in [9.17, 15) is 4.79 Å². The van der Waals surface area contributed by atoms with Gasteiger partial charge in [-0.25, -0.2) is 0 Å².